The summed E-state index contributed by atoms with van der Waals surface area (Å²) < 4.78 is 1.72. The molecule has 1 unspecified atom stereocenters. The molecule has 1 saturated heterocycles. The molecule has 1 atom stereocenters. The number of rotatable bonds is 3. The Labute approximate surface area is 99.1 Å². The van der Waals surface area contributed by atoms with Crippen molar-refractivity contribution in [3.63, 3.8) is 0 Å². The van der Waals surface area contributed by atoms with Crippen LogP contribution in [0.25, 0.3) is 5.82 Å². The molecule has 1 aliphatic heterocycles. The molecule has 1 fully saturated rings. The second-order valence-corrected chi connectivity index (χ2v) is 4.26. The lowest BCUT2D eigenvalue weighted by Crippen LogP contribution is -2.14. The standard InChI is InChI=1S/C11H14N6/c1-2-5-13-10(3-1)17-11(14-15-16-17)7-9-4-6-12-8-9/h1-3,5,9,12H,4,6-8H2. The van der Waals surface area contributed by atoms with Gasteiger partial charge in [0.2, 0.25) is 0 Å². The van der Waals surface area contributed by atoms with E-state index in [2.05, 4.69) is 25.8 Å². The zero-order chi connectivity index (χ0) is 11.5. The summed E-state index contributed by atoms with van der Waals surface area (Å²) in [7, 11) is 0. The molecule has 0 bridgehead atoms. The van der Waals surface area contributed by atoms with Gasteiger partial charge in [-0.1, -0.05) is 6.07 Å². The van der Waals surface area contributed by atoms with E-state index in [0.29, 0.717) is 5.92 Å². The van der Waals surface area contributed by atoms with Gasteiger partial charge in [-0.2, -0.15) is 4.68 Å². The zero-order valence-electron chi connectivity index (χ0n) is 9.45. The molecule has 1 aliphatic rings. The van der Waals surface area contributed by atoms with Gasteiger partial charge < -0.3 is 5.32 Å². The lowest BCUT2D eigenvalue weighted by molar-refractivity contribution is 0.550. The van der Waals surface area contributed by atoms with Gasteiger partial charge in [0, 0.05) is 12.6 Å². The van der Waals surface area contributed by atoms with Gasteiger partial charge in [-0.05, 0) is 48.0 Å². The quantitative estimate of drug-likeness (QED) is 0.816. The summed E-state index contributed by atoms with van der Waals surface area (Å²) in [6.45, 7) is 2.14. The van der Waals surface area contributed by atoms with Crippen LogP contribution in [0.3, 0.4) is 0 Å². The molecule has 6 heteroatoms. The van der Waals surface area contributed by atoms with Crippen LogP contribution in [-0.4, -0.2) is 38.3 Å². The van der Waals surface area contributed by atoms with Gasteiger partial charge in [0.1, 0.15) is 0 Å². The van der Waals surface area contributed by atoms with Gasteiger partial charge in [0.05, 0.1) is 0 Å². The molecule has 0 aliphatic carbocycles. The number of pyridine rings is 1. The number of hydrogen-bond donors (Lipinski definition) is 1. The van der Waals surface area contributed by atoms with Crippen molar-refractivity contribution in [3.8, 4) is 5.82 Å². The van der Waals surface area contributed by atoms with E-state index in [0.717, 1.165) is 31.2 Å². The highest BCUT2D eigenvalue weighted by Crippen LogP contribution is 2.14. The molecule has 6 nitrogen and oxygen atoms in total. The van der Waals surface area contributed by atoms with Crippen LogP contribution in [0.4, 0.5) is 0 Å². The molecule has 1 N–H and O–H groups in total. The highest BCUT2D eigenvalue weighted by Gasteiger charge is 2.19. The summed E-state index contributed by atoms with van der Waals surface area (Å²) in [5.41, 5.74) is 0. The van der Waals surface area contributed by atoms with E-state index in [4.69, 9.17) is 0 Å². The third-order valence-corrected chi connectivity index (χ3v) is 3.03. The molecule has 2 aromatic rings. The van der Waals surface area contributed by atoms with Crippen molar-refractivity contribution >= 4 is 0 Å². The fraction of sp³-hybridized carbons (Fsp3) is 0.455. The van der Waals surface area contributed by atoms with Crippen molar-refractivity contribution in [2.75, 3.05) is 13.1 Å². The first kappa shape index (κ1) is 10.3. The van der Waals surface area contributed by atoms with Crippen LogP contribution in [0.5, 0.6) is 0 Å². The van der Waals surface area contributed by atoms with Crippen LogP contribution < -0.4 is 5.32 Å². The summed E-state index contributed by atoms with van der Waals surface area (Å²) >= 11 is 0. The number of nitrogens with zero attached hydrogens (tertiary/aromatic N) is 5. The molecule has 0 amide bonds. The minimum atomic E-state index is 0.628. The van der Waals surface area contributed by atoms with Gasteiger partial charge in [0.25, 0.3) is 0 Å². The topological polar surface area (TPSA) is 68.5 Å². The second-order valence-electron chi connectivity index (χ2n) is 4.26. The molecule has 0 aromatic carbocycles. The van der Waals surface area contributed by atoms with Gasteiger partial charge >= 0.3 is 0 Å². The van der Waals surface area contributed by atoms with Gasteiger partial charge in [-0.25, -0.2) is 4.98 Å². The summed E-state index contributed by atoms with van der Waals surface area (Å²) in [5.74, 6) is 2.29. The Morgan fingerprint density at radius 2 is 2.41 bits per heavy atom. The van der Waals surface area contributed by atoms with Crippen molar-refractivity contribution in [1.82, 2.24) is 30.5 Å². The molecule has 0 saturated carbocycles. The van der Waals surface area contributed by atoms with Crippen LogP contribution in [0.1, 0.15) is 12.2 Å². The molecule has 3 rings (SSSR count). The Balaban J connectivity index is 1.84. The summed E-state index contributed by atoms with van der Waals surface area (Å²) in [6.07, 6.45) is 3.84. The van der Waals surface area contributed by atoms with Crippen LogP contribution >= 0.6 is 0 Å². The highest BCUT2D eigenvalue weighted by molar-refractivity contribution is 5.20. The van der Waals surface area contributed by atoms with Gasteiger partial charge in [0.15, 0.2) is 11.6 Å². The smallest absolute Gasteiger partial charge is 0.158 e. The van der Waals surface area contributed by atoms with Crippen molar-refractivity contribution < 1.29 is 0 Å². The molecule has 0 spiro atoms. The Bertz CT molecular complexity index is 474. The molecule has 17 heavy (non-hydrogen) atoms. The maximum Gasteiger partial charge on any atom is 0.158 e. The van der Waals surface area contributed by atoms with Crippen molar-refractivity contribution in [3.05, 3.63) is 30.2 Å². The van der Waals surface area contributed by atoms with Crippen LogP contribution in [-0.2, 0) is 6.42 Å². The predicted octanol–water partition coefficient (Wildman–Crippen LogP) is 0.209. The van der Waals surface area contributed by atoms with E-state index in [1.54, 1.807) is 10.9 Å². The third-order valence-electron chi connectivity index (χ3n) is 3.03. The fourth-order valence-electron chi connectivity index (χ4n) is 2.14. The van der Waals surface area contributed by atoms with E-state index in [1.807, 2.05) is 18.2 Å². The van der Waals surface area contributed by atoms with Gasteiger partial charge in [-0.15, -0.1) is 5.10 Å². The van der Waals surface area contributed by atoms with Gasteiger partial charge in [-0.3, -0.25) is 0 Å². The minimum Gasteiger partial charge on any atom is -0.316 e. The Morgan fingerprint density at radius 3 is 3.18 bits per heavy atom. The van der Waals surface area contributed by atoms with E-state index < -0.39 is 0 Å². The third kappa shape index (κ3) is 2.16. The predicted molar refractivity (Wildman–Crippen MR) is 61.6 cm³/mol. The SMILES string of the molecule is c1ccc(-n2nnnc2CC2CCNC2)nc1. The number of tetrazole rings is 1. The zero-order valence-corrected chi connectivity index (χ0v) is 9.45. The van der Waals surface area contributed by atoms with E-state index >= 15 is 0 Å². The lowest BCUT2D eigenvalue weighted by atomic mass is 10.0. The van der Waals surface area contributed by atoms with Crippen molar-refractivity contribution in [2.24, 2.45) is 5.92 Å². The van der Waals surface area contributed by atoms with Crippen LogP contribution in [0.15, 0.2) is 24.4 Å². The summed E-state index contributed by atoms with van der Waals surface area (Å²) in [5, 5.41) is 15.2. The summed E-state index contributed by atoms with van der Waals surface area (Å²) in [6, 6.07) is 5.73. The molecule has 2 aromatic heterocycles. The first-order chi connectivity index (χ1) is 8.43. The minimum absolute atomic E-state index is 0.628. The molecule has 0 radical (unpaired) electrons. The maximum atomic E-state index is 4.26. The monoisotopic (exact) mass is 230 g/mol. The average molecular weight is 230 g/mol. The van der Waals surface area contributed by atoms with Crippen LogP contribution in [0, 0.1) is 5.92 Å². The molecular weight excluding hydrogens is 216 g/mol. The Morgan fingerprint density at radius 1 is 1.41 bits per heavy atom. The molecular formula is C11H14N6. The molecule has 3 heterocycles. The number of aromatic nitrogens is 5. The first-order valence-corrected chi connectivity index (χ1v) is 5.83. The van der Waals surface area contributed by atoms with Crippen molar-refractivity contribution in [1.29, 1.82) is 0 Å². The highest BCUT2D eigenvalue weighted by atomic mass is 15.6. The lowest BCUT2D eigenvalue weighted by Gasteiger charge is -2.07. The number of nitrogens with one attached hydrogen (secondary N) is 1. The average Bonchev–Trinajstić information content (AvgIpc) is 3.02. The van der Waals surface area contributed by atoms with Crippen LogP contribution in [0.2, 0.25) is 0 Å². The van der Waals surface area contributed by atoms with E-state index in [1.165, 1.54) is 6.42 Å². The van der Waals surface area contributed by atoms with Crippen molar-refractivity contribution in [2.45, 2.75) is 12.8 Å². The number of hydrogen-bond acceptors (Lipinski definition) is 5. The van der Waals surface area contributed by atoms with E-state index in [-0.39, 0.29) is 0 Å². The largest absolute Gasteiger partial charge is 0.316 e. The molecule has 88 valence electrons. The summed E-state index contributed by atoms with van der Waals surface area (Å²) in [4.78, 5) is 4.26. The second kappa shape index (κ2) is 4.58. The normalized spacial score (nSPS) is 19.6. The Hall–Kier alpha value is -1.82. The Kier molecular flexibility index (Phi) is 2.79. The fourth-order valence-corrected chi connectivity index (χ4v) is 2.14. The van der Waals surface area contributed by atoms with E-state index in [9.17, 15) is 0 Å². The maximum absolute atomic E-state index is 4.26. The first-order valence-electron chi connectivity index (χ1n) is 5.83.